The third-order valence-corrected chi connectivity index (χ3v) is 3.04. The van der Waals surface area contributed by atoms with Crippen LogP contribution in [0.3, 0.4) is 0 Å². The lowest BCUT2D eigenvalue weighted by Crippen LogP contribution is -2.23. The fraction of sp³-hybridized carbons (Fsp3) is 0.429. The molecule has 2 aromatic rings. The van der Waals surface area contributed by atoms with Crippen LogP contribution in [0, 0.1) is 5.82 Å². The van der Waals surface area contributed by atoms with Gasteiger partial charge < -0.3 is 9.73 Å². The molecule has 0 aliphatic rings. The molecule has 2 rings (SSSR count). The summed E-state index contributed by atoms with van der Waals surface area (Å²) < 4.78 is 18.6. The lowest BCUT2D eigenvalue weighted by atomic mass is 10.2. The van der Waals surface area contributed by atoms with Crippen LogP contribution in [0.2, 0.25) is 5.02 Å². The number of nitrogens with one attached hydrogen (secondary N) is 1. The lowest BCUT2D eigenvalue weighted by Gasteiger charge is -2.05. The summed E-state index contributed by atoms with van der Waals surface area (Å²) in [4.78, 5) is 0. The van der Waals surface area contributed by atoms with Crippen LogP contribution in [-0.4, -0.2) is 22.8 Å². The highest BCUT2D eigenvalue weighted by Crippen LogP contribution is 2.24. The van der Waals surface area contributed by atoms with Gasteiger partial charge in [0, 0.05) is 18.0 Å². The van der Waals surface area contributed by atoms with Crippen molar-refractivity contribution in [2.75, 3.05) is 6.54 Å². The Morgan fingerprint density at radius 2 is 2.15 bits per heavy atom. The topological polar surface area (TPSA) is 51.0 Å². The molecule has 0 aliphatic heterocycles. The maximum atomic E-state index is 13.1. The Morgan fingerprint density at radius 3 is 2.85 bits per heavy atom. The molecule has 108 valence electrons. The van der Waals surface area contributed by atoms with Gasteiger partial charge in [-0.3, -0.25) is 0 Å². The zero-order valence-electron chi connectivity index (χ0n) is 11.5. The molecule has 1 heterocycles. The van der Waals surface area contributed by atoms with E-state index in [4.69, 9.17) is 16.0 Å². The van der Waals surface area contributed by atoms with Crippen molar-refractivity contribution in [3.63, 3.8) is 0 Å². The average Bonchev–Trinajstić information content (AvgIpc) is 2.86. The van der Waals surface area contributed by atoms with E-state index in [-0.39, 0.29) is 5.02 Å². The third kappa shape index (κ3) is 4.02. The third-order valence-electron chi connectivity index (χ3n) is 2.75. The second-order valence-corrected chi connectivity index (χ2v) is 5.25. The van der Waals surface area contributed by atoms with Gasteiger partial charge in [0.05, 0.1) is 5.02 Å². The van der Waals surface area contributed by atoms with Crippen molar-refractivity contribution >= 4 is 11.6 Å². The summed E-state index contributed by atoms with van der Waals surface area (Å²) >= 11 is 5.73. The van der Waals surface area contributed by atoms with E-state index < -0.39 is 5.82 Å². The van der Waals surface area contributed by atoms with Gasteiger partial charge in [-0.05, 0) is 31.2 Å². The first-order chi connectivity index (χ1) is 9.56. The molecule has 0 bridgehead atoms. The number of halogens is 2. The van der Waals surface area contributed by atoms with Crippen molar-refractivity contribution in [3.8, 4) is 11.5 Å². The maximum Gasteiger partial charge on any atom is 0.247 e. The zero-order valence-corrected chi connectivity index (χ0v) is 12.2. The average molecular weight is 298 g/mol. The summed E-state index contributed by atoms with van der Waals surface area (Å²) in [6, 6.07) is 4.80. The van der Waals surface area contributed by atoms with Crippen LogP contribution in [0.4, 0.5) is 4.39 Å². The fourth-order valence-electron chi connectivity index (χ4n) is 1.73. The number of aromatic nitrogens is 2. The SMILES string of the molecule is CC(C)NCCCc1nnc(-c2ccc(F)c(Cl)c2)o1. The molecule has 0 spiro atoms. The van der Waals surface area contributed by atoms with Crippen molar-refractivity contribution in [2.45, 2.75) is 32.7 Å². The highest BCUT2D eigenvalue weighted by molar-refractivity contribution is 6.31. The molecule has 0 saturated carbocycles. The minimum Gasteiger partial charge on any atom is -0.421 e. The first-order valence-corrected chi connectivity index (χ1v) is 6.95. The largest absolute Gasteiger partial charge is 0.421 e. The van der Waals surface area contributed by atoms with Crippen LogP contribution in [0.25, 0.3) is 11.5 Å². The monoisotopic (exact) mass is 297 g/mol. The summed E-state index contributed by atoms with van der Waals surface area (Å²) in [7, 11) is 0. The smallest absolute Gasteiger partial charge is 0.247 e. The second kappa shape index (κ2) is 6.81. The fourth-order valence-corrected chi connectivity index (χ4v) is 1.91. The number of aryl methyl sites for hydroxylation is 1. The van der Waals surface area contributed by atoms with Gasteiger partial charge in [0.25, 0.3) is 0 Å². The Bertz CT molecular complexity index is 571. The normalized spacial score (nSPS) is 11.2. The summed E-state index contributed by atoms with van der Waals surface area (Å²) in [5, 5.41) is 11.3. The number of hydrogen-bond donors (Lipinski definition) is 1. The van der Waals surface area contributed by atoms with Crippen LogP contribution >= 0.6 is 11.6 Å². The van der Waals surface area contributed by atoms with Gasteiger partial charge in [-0.1, -0.05) is 25.4 Å². The standard InChI is InChI=1S/C14H17ClFN3O/c1-9(2)17-7-3-4-13-18-19-14(20-13)10-5-6-12(16)11(15)8-10/h5-6,8-9,17H,3-4,7H2,1-2H3. The van der Waals surface area contributed by atoms with E-state index in [1.165, 1.54) is 12.1 Å². The Balaban J connectivity index is 1.96. The van der Waals surface area contributed by atoms with Crippen molar-refractivity contribution in [3.05, 3.63) is 34.9 Å². The van der Waals surface area contributed by atoms with E-state index in [9.17, 15) is 4.39 Å². The molecule has 4 nitrogen and oxygen atoms in total. The zero-order chi connectivity index (χ0) is 14.5. The minimum absolute atomic E-state index is 0.0448. The van der Waals surface area contributed by atoms with E-state index in [1.54, 1.807) is 6.07 Å². The Kier molecular flexibility index (Phi) is 5.09. The predicted octanol–water partition coefficient (Wildman–Crippen LogP) is 3.46. The van der Waals surface area contributed by atoms with Crippen LogP contribution in [0.5, 0.6) is 0 Å². The molecule has 0 aliphatic carbocycles. The summed E-state index contributed by atoms with van der Waals surface area (Å²) in [5.41, 5.74) is 0.621. The molecule has 0 saturated heterocycles. The minimum atomic E-state index is -0.463. The van der Waals surface area contributed by atoms with E-state index in [1.807, 2.05) is 0 Å². The first kappa shape index (κ1) is 14.9. The number of nitrogens with zero attached hydrogens (tertiary/aromatic N) is 2. The quantitative estimate of drug-likeness (QED) is 0.830. The van der Waals surface area contributed by atoms with Crippen molar-refractivity contribution in [2.24, 2.45) is 0 Å². The maximum absolute atomic E-state index is 13.1. The lowest BCUT2D eigenvalue weighted by molar-refractivity contribution is 0.484. The van der Waals surface area contributed by atoms with E-state index in [2.05, 4.69) is 29.4 Å². The van der Waals surface area contributed by atoms with Crippen molar-refractivity contribution in [1.29, 1.82) is 0 Å². The van der Waals surface area contributed by atoms with Gasteiger partial charge in [0.15, 0.2) is 0 Å². The summed E-state index contributed by atoms with van der Waals surface area (Å²) in [5.74, 6) is 0.472. The molecular weight excluding hydrogens is 281 g/mol. The Morgan fingerprint density at radius 1 is 1.35 bits per heavy atom. The van der Waals surface area contributed by atoms with Gasteiger partial charge in [0.1, 0.15) is 5.82 Å². The van der Waals surface area contributed by atoms with Gasteiger partial charge in [-0.2, -0.15) is 0 Å². The van der Waals surface area contributed by atoms with Crippen molar-refractivity contribution < 1.29 is 8.81 Å². The molecule has 1 aromatic heterocycles. The second-order valence-electron chi connectivity index (χ2n) is 4.84. The molecular formula is C14H17ClFN3O. The van der Waals surface area contributed by atoms with E-state index in [0.29, 0.717) is 29.8 Å². The molecule has 20 heavy (non-hydrogen) atoms. The molecule has 0 atom stereocenters. The van der Waals surface area contributed by atoms with E-state index in [0.717, 1.165) is 13.0 Å². The Hall–Kier alpha value is -1.46. The van der Waals surface area contributed by atoms with E-state index >= 15 is 0 Å². The molecule has 0 amide bonds. The Labute approximate surface area is 122 Å². The molecule has 0 fully saturated rings. The molecule has 1 aromatic carbocycles. The molecule has 1 N–H and O–H groups in total. The molecule has 0 unspecified atom stereocenters. The van der Waals surface area contributed by atoms with Crippen molar-refractivity contribution in [1.82, 2.24) is 15.5 Å². The summed E-state index contributed by atoms with van der Waals surface area (Å²) in [6.45, 7) is 5.10. The summed E-state index contributed by atoms with van der Waals surface area (Å²) in [6.07, 6.45) is 1.63. The van der Waals surface area contributed by atoms with Crippen LogP contribution < -0.4 is 5.32 Å². The highest BCUT2D eigenvalue weighted by atomic mass is 35.5. The number of benzene rings is 1. The van der Waals surface area contributed by atoms with Gasteiger partial charge in [-0.15, -0.1) is 10.2 Å². The highest BCUT2D eigenvalue weighted by Gasteiger charge is 2.10. The molecule has 0 radical (unpaired) electrons. The van der Waals surface area contributed by atoms with Gasteiger partial charge >= 0.3 is 0 Å². The number of rotatable bonds is 6. The van der Waals surface area contributed by atoms with Crippen LogP contribution in [0.15, 0.2) is 22.6 Å². The predicted molar refractivity (Wildman–Crippen MR) is 76.2 cm³/mol. The van der Waals surface area contributed by atoms with Gasteiger partial charge in [-0.25, -0.2) is 4.39 Å². The number of hydrogen-bond acceptors (Lipinski definition) is 4. The molecule has 6 heteroatoms. The van der Waals surface area contributed by atoms with Crippen LogP contribution in [-0.2, 0) is 6.42 Å². The first-order valence-electron chi connectivity index (χ1n) is 6.57. The van der Waals surface area contributed by atoms with Gasteiger partial charge in [0.2, 0.25) is 11.8 Å². The van der Waals surface area contributed by atoms with Crippen LogP contribution in [0.1, 0.15) is 26.2 Å².